The van der Waals surface area contributed by atoms with E-state index in [1.54, 1.807) is 12.1 Å². The summed E-state index contributed by atoms with van der Waals surface area (Å²) in [6.07, 6.45) is 0. The average molecular weight is 223 g/mol. The molecule has 0 radical (unpaired) electrons. The van der Waals surface area contributed by atoms with Crippen LogP contribution in [0.4, 0.5) is 4.39 Å². The standard InChI is InChI=1S/C11H15BFNO2/c1-14-6-8-15-12(16-9-7-14)10-2-4-11(13)5-3-10/h2-5H,6-9H2,1H3. The van der Waals surface area contributed by atoms with Crippen molar-refractivity contribution in [1.82, 2.24) is 4.90 Å². The summed E-state index contributed by atoms with van der Waals surface area (Å²) in [4.78, 5) is 2.15. The molecule has 1 aliphatic heterocycles. The van der Waals surface area contributed by atoms with E-state index in [0.717, 1.165) is 18.6 Å². The zero-order valence-electron chi connectivity index (χ0n) is 9.36. The van der Waals surface area contributed by atoms with Crippen molar-refractivity contribution >= 4 is 12.6 Å². The highest BCUT2D eigenvalue weighted by Crippen LogP contribution is 2.00. The minimum Gasteiger partial charge on any atom is -0.406 e. The molecule has 2 rings (SSSR count). The van der Waals surface area contributed by atoms with Crippen LogP contribution in [0.25, 0.3) is 0 Å². The summed E-state index contributed by atoms with van der Waals surface area (Å²) in [7, 11) is 1.67. The van der Waals surface area contributed by atoms with Crippen LogP contribution in [0.2, 0.25) is 0 Å². The minimum atomic E-state index is -0.366. The van der Waals surface area contributed by atoms with Gasteiger partial charge in [0.2, 0.25) is 0 Å². The van der Waals surface area contributed by atoms with Gasteiger partial charge in [0.1, 0.15) is 5.82 Å². The Morgan fingerprint density at radius 3 is 2.25 bits per heavy atom. The van der Waals surface area contributed by atoms with E-state index < -0.39 is 0 Å². The molecule has 0 N–H and O–H groups in total. The number of hydrogen-bond donors (Lipinski definition) is 0. The lowest BCUT2D eigenvalue weighted by atomic mass is 9.78. The predicted octanol–water partition coefficient (Wildman–Crippen LogP) is 0.499. The molecule has 0 unspecified atom stereocenters. The van der Waals surface area contributed by atoms with Crippen LogP contribution in [0, 0.1) is 5.82 Å². The fourth-order valence-corrected chi connectivity index (χ4v) is 1.60. The highest BCUT2D eigenvalue weighted by Gasteiger charge is 2.23. The third-order valence-corrected chi connectivity index (χ3v) is 2.63. The third kappa shape index (κ3) is 3.04. The summed E-state index contributed by atoms with van der Waals surface area (Å²) in [6.45, 7) is 3.03. The number of rotatable bonds is 1. The van der Waals surface area contributed by atoms with Crippen LogP contribution < -0.4 is 5.46 Å². The van der Waals surface area contributed by atoms with Gasteiger partial charge in [0.05, 0.1) is 0 Å². The van der Waals surface area contributed by atoms with Crippen LogP contribution in [0.5, 0.6) is 0 Å². The Morgan fingerprint density at radius 2 is 1.69 bits per heavy atom. The van der Waals surface area contributed by atoms with Crippen LogP contribution in [-0.2, 0) is 9.31 Å². The smallest absolute Gasteiger partial charge is 0.406 e. The molecule has 0 atom stereocenters. The maximum Gasteiger partial charge on any atom is 0.493 e. The Labute approximate surface area is 95.3 Å². The Hall–Kier alpha value is -0.905. The molecular weight excluding hydrogens is 208 g/mol. The van der Waals surface area contributed by atoms with Gasteiger partial charge < -0.3 is 14.2 Å². The number of likely N-dealkylation sites (N-methyl/N-ethyl adjacent to an activating group) is 1. The van der Waals surface area contributed by atoms with Crippen molar-refractivity contribution in [1.29, 1.82) is 0 Å². The van der Waals surface area contributed by atoms with E-state index >= 15 is 0 Å². The summed E-state index contributed by atoms with van der Waals surface area (Å²) >= 11 is 0. The van der Waals surface area contributed by atoms with Gasteiger partial charge in [-0.25, -0.2) is 4.39 Å². The number of hydrogen-bond acceptors (Lipinski definition) is 3. The molecule has 0 aromatic heterocycles. The molecule has 0 saturated carbocycles. The zero-order valence-corrected chi connectivity index (χ0v) is 9.36. The summed E-state index contributed by atoms with van der Waals surface area (Å²) < 4.78 is 23.9. The molecule has 1 aromatic carbocycles. The van der Waals surface area contributed by atoms with Crippen molar-refractivity contribution in [3.05, 3.63) is 30.1 Å². The van der Waals surface area contributed by atoms with E-state index in [4.69, 9.17) is 9.31 Å². The highest BCUT2D eigenvalue weighted by molar-refractivity contribution is 6.61. The quantitative estimate of drug-likeness (QED) is 0.647. The first kappa shape index (κ1) is 11.6. The lowest BCUT2D eigenvalue weighted by Gasteiger charge is -2.23. The van der Waals surface area contributed by atoms with E-state index in [1.165, 1.54) is 12.1 Å². The molecule has 0 amide bonds. The van der Waals surface area contributed by atoms with Gasteiger partial charge in [-0.05, 0) is 24.6 Å². The molecular formula is C11H15BFNO2. The molecule has 1 saturated heterocycles. The Kier molecular flexibility index (Phi) is 3.93. The first-order chi connectivity index (χ1) is 7.75. The Morgan fingerprint density at radius 1 is 1.12 bits per heavy atom. The number of benzene rings is 1. The van der Waals surface area contributed by atoms with Gasteiger partial charge >= 0.3 is 7.12 Å². The van der Waals surface area contributed by atoms with Crippen LogP contribution in [-0.4, -0.2) is 45.4 Å². The van der Waals surface area contributed by atoms with Gasteiger partial charge in [-0.3, -0.25) is 0 Å². The highest BCUT2D eigenvalue weighted by atomic mass is 19.1. The maximum atomic E-state index is 12.8. The fourth-order valence-electron chi connectivity index (χ4n) is 1.60. The first-order valence-corrected chi connectivity index (χ1v) is 5.43. The molecule has 0 aliphatic carbocycles. The van der Waals surface area contributed by atoms with Gasteiger partial charge in [0.15, 0.2) is 0 Å². The lowest BCUT2D eigenvalue weighted by Crippen LogP contribution is -2.43. The van der Waals surface area contributed by atoms with Crippen molar-refractivity contribution in [2.75, 3.05) is 33.4 Å². The molecule has 1 aliphatic rings. The largest absolute Gasteiger partial charge is 0.493 e. The lowest BCUT2D eigenvalue weighted by molar-refractivity contribution is 0.132. The molecule has 3 nitrogen and oxygen atoms in total. The van der Waals surface area contributed by atoms with Gasteiger partial charge in [-0.15, -0.1) is 0 Å². The fraction of sp³-hybridized carbons (Fsp3) is 0.455. The van der Waals surface area contributed by atoms with E-state index in [1.807, 2.05) is 7.05 Å². The molecule has 1 heterocycles. The topological polar surface area (TPSA) is 21.7 Å². The molecule has 5 heteroatoms. The Balaban J connectivity index is 2.00. The first-order valence-electron chi connectivity index (χ1n) is 5.43. The second kappa shape index (κ2) is 5.43. The second-order valence-electron chi connectivity index (χ2n) is 3.93. The number of nitrogens with zero attached hydrogens (tertiary/aromatic N) is 1. The number of halogens is 1. The normalized spacial score (nSPS) is 19.2. The molecule has 16 heavy (non-hydrogen) atoms. The van der Waals surface area contributed by atoms with Crippen molar-refractivity contribution < 1.29 is 13.7 Å². The zero-order chi connectivity index (χ0) is 11.4. The average Bonchev–Trinajstić information content (AvgIpc) is 2.25. The van der Waals surface area contributed by atoms with Gasteiger partial charge in [0, 0.05) is 26.3 Å². The van der Waals surface area contributed by atoms with Crippen molar-refractivity contribution in [3.63, 3.8) is 0 Å². The van der Waals surface area contributed by atoms with Crippen LogP contribution in [0.1, 0.15) is 0 Å². The monoisotopic (exact) mass is 223 g/mol. The summed E-state index contributed by atoms with van der Waals surface area (Å²) in [5.74, 6) is -0.241. The van der Waals surface area contributed by atoms with Crippen molar-refractivity contribution in [3.8, 4) is 0 Å². The van der Waals surface area contributed by atoms with E-state index in [0.29, 0.717) is 13.2 Å². The van der Waals surface area contributed by atoms with Crippen molar-refractivity contribution in [2.24, 2.45) is 0 Å². The van der Waals surface area contributed by atoms with Crippen molar-refractivity contribution in [2.45, 2.75) is 0 Å². The van der Waals surface area contributed by atoms with E-state index in [9.17, 15) is 4.39 Å². The van der Waals surface area contributed by atoms with Gasteiger partial charge in [-0.2, -0.15) is 0 Å². The van der Waals surface area contributed by atoms with E-state index in [2.05, 4.69) is 4.90 Å². The molecule has 1 fully saturated rings. The SMILES string of the molecule is CN1CCOB(c2ccc(F)cc2)OCC1. The minimum absolute atomic E-state index is 0.241. The summed E-state index contributed by atoms with van der Waals surface area (Å²) in [5.41, 5.74) is 0.867. The predicted molar refractivity (Wildman–Crippen MR) is 61.2 cm³/mol. The van der Waals surface area contributed by atoms with Gasteiger partial charge in [-0.1, -0.05) is 12.1 Å². The Bertz CT molecular complexity index is 323. The molecule has 0 spiro atoms. The third-order valence-electron chi connectivity index (χ3n) is 2.63. The van der Waals surface area contributed by atoms with Crippen LogP contribution in [0.15, 0.2) is 24.3 Å². The molecule has 1 aromatic rings. The van der Waals surface area contributed by atoms with Gasteiger partial charge in [0.25, 0.3) is 0 Å². The summed E-state index contributed by atoms with van der Waals surface area (Å²) in [5, 5.41) is 0. The van der Waals surface area contributed by atoms with E-state index in [-0.39, 0.29) is 12.9 Å². The maximum absolute atomic E-state index is 12.8. The second-order valence-corrected chi connectivity index (χ2v) is 3.93. The van der Waals surface area contributed by atoms with Crippen LogP contribution in [0.3, 0.4) is 0 Å². The molecule has 86 valence electrons. The molecule has 0 bridgehead atoms. The summed E-state index contributed by atoms with van der Waals surface area (Å²) in [6, 6.07) is 6.25. The van der Waals surface area contributed by atoms with Crippen LogP contribution >= 0.6 is 0 Å².